The Morgan fingerprint density at radius 1 is 1.64 bits per heavy atom. The van der Waals surface area contributed by atoms with Crippen molar-refractivity contribution in [2.45, 2.75) is 38.0 Å². The third-order valence-corrected chi connectivity index (χ3v) is 4.13. The Morgan fingerprint density at radius 2 is 2.43 bits per heavy atom. The Labute approximate surface area is 90.8 Å². The van der Waals surface area contributed by atoms with E-state index in [1.807, 2.05) is 0 Å². The fraction of sp³-hybridized carbons (Fsp3) is 0.667. The highest BCUT2D eigenvalue weighted by molar-refractivity contribution is 6.26. The van der Waals surface area contributed by atoms with E-state index in [-0.39, 0.29) is 4.87 Å². The first-order valence-corrected chi connectivity index (χ1v) is 5.76. The van der Waals surface area contributed by atoms with Crippen LogP contribution < -0.4 is 0 Å². The molecule has 0 bridgehead atoms. The van der Waals surface area contributed by atoms with Crippen molar-refractivity contribution in [3.05, 3.63) is 23.5 Å². The minimum atomic E-state index is -0.121. The summed E-state index contributed by atoms with van der Waals surface area (Å²) in [5.74, 6) is 0.542. The normalized spacial score (nSPS) is 35.8. The third-order valence-electron chi connectivity index (χ3n) is 3.36. The smallest absolute Gasteiger partial charge is 0.109 e. The Bertz CT molecular complexity index is 293. The van der Waals surface area contributed by atoms with Crippen LogP contribution >= 0.6 is 11.6 Å². The maximum Gasteiger partial charge on any atom is 0.109 e. The van der Waals surface area contributed by atoms with Gasteiger partial charge in [0.05, 0.1) is 11.1 Å². The predicted octanol–water partition coefficient (Wildman–Crippen LogP) is 3.64. The molecule has 0 aromatic carbocycles. The number of hydrogen-bond donors (Lipinski definition) is 0. The first kappa shape index (κ1) is 10.1. The van der Waals surface area contributed by atoms with E-state index >= 15 is 0 Å². The van der Waals surface area contributed by atoms with Crippen LogP contribution in [0.3, 0.4) is 0 Å². The molecule has 78 valence electrons. The molecule has 1 aliphatic heterocycles. The van der Waals surface area contributed by atoms with Crippen LogP contribution in [0, 0.1) is 5.92 Å². The summed E-state index contributed by atoms with van der Waals surface area (Å²) in [5.41, 5.74) is 2.74. The monoisotopic (exact) mass is 212 g/mol. The molecule has 2 atom stereocenters. The summed E-state index contributed by atoms with van der Waals surface area (Å²) in [5, 5.41) is 0. The molecule has 0 N–H and O–H groups in total. The molecule has 2 unspecified atom stereocenters. The molecular formula is C12H17ClO. The Kier molecular flexibility index (Phi) is 2.61. The van der Waals surface area contributed by atoms with Crippen LogP contribution in [0.25, 0.3) is 0 Å². The van der Waals surface area contributed by atoms with Crippen LogP contribution in [0.1, 0.15) is 33.1 Å². The molecule has 0 amide bonds. The maximum absolute atomic E-state index is 6.73. The number of hydrogen-bond acceptors (Lipinski definition) is 1. The van der Waals surface area contributed by atoms with Gasteiger partial charge in [-0.15, -0.1) is 11.6 Å². The van der Waals surface area contributed by atoms with E-state index in [4.69, 9.17) is 16.3 Å². The SMILES string of the molecule is CCCC1(Cl)C2=C(COC=C2)CC1C. The summed E-state index contributed by atoms with van der Waals surface area (Å²) in [6.45, 7) is 5.18. The van der Waals surface area contributed by atoms with Gasteiger partial charge in [-0.3, -0.25) is 0 Å². The van der Waals surface area contributed by atoms with E-state index in [1.54, 1.807) is 6.26 Å². The lowest BCUT2D eigenvalue weighted by Gasteiger charge is -2.29. The summed E-state index contributed by atoms with van der Waals surface area (Å²) in [6, 6.07) is 0. The van der Waals surface area contributed by atoms with Gasteiger partial charge in [-0.25, -0.2) is 0 Å². The second-order valence-corrected chi connectivity index (χ2v) is 5.02. The van der Waals surface area contributed by atoms with Crippen molar-refractivity contribution in [2.24, 2.45) is 5.92 Å². The summed E-state index contributed by atoms with van der Waals surface area (Å²) in [4.78, 5) is -0.121. The van der Waals surface area contributed by atoms with Gasteiger partial charge in [0.25, 0.3) is 0 Å². The minimum absolute atomic E-state index is 0.121. The van der Waals surface area contributed by atoms with Gasteiger partial charge in [0.2, 0.25) is 0 Å². The van der Waals surface area contributed by atoms with E-state index < -0.39 is 0 Å². The third kappa shape index (κ3) is 1.38. The van der Waals surface area contributed by atoms with Crippen LogP contribution in [-0.2, 0) is 4.74 Å². The largest absolute Gasteiger partial charge is 0.497 e. The summed E-state index contributed by atoms with van der Waals surface area (Å²) < 4.78 is 5.31. The number of halogens is 1. The molecular weight excluding hydrogens is 196 g/mol. The van der Waals surface area contributed by atoms with Gasteiger partial charge in [0.15, 0.2) is 0 Å². The van der Waals surface area contributed by atoms with Crippen LogP contribution in [0.5, 0.6) is 0 Å². The van der Waals surface area contributed by atoms with E-state index in [0.717, 1.165) is 25.9 Å². The first-order valence-electron chi connectivity index (χ1n) is 5.38. The van der Waals surface area contributed by atoms with Crippen molar-refractivity contribution < 1.29 is 4.74 Å². The zero-order valence-electron chi connectivity index (χ0n) is 8.85. The molecule has 2 aliphatic rings. The molecule has 1 nitrogen and oxygen atoms in total. The van der Waals surface area contributed by atoms with Crippen molar-refractivity contribution in [3.63, 3.8) is 0 Å². The quantitative estimate of drug-likeness (QED) is 0.635. The van der Waals surface area contributed by atoms with Crippen LogP contribution in [-0.4, -0.2) is 11.5 Å². The van der Waals surface area contributed by atoms with E-state index in [2.05, 4.69) is 19.9 Å². The number of allylic oxidation sites excluding steroid dienone is 2. The zero-order chi connectivity index (χ0) is 10.2. The van der Waals surface area contributed by atoms with Crippen molar-refractivity contribution >= 4 is 11.6 Å². The van der Waals surface area contributed by atoms with Crippen LogP contribution in [0.2, 0.25) is 0 Å². The lowest BCUT2D eigenvalue weighted by Crippen LogP contribution is -2.27. The molecule has 0 saturated heterocycles. The second kappa shape index (κ2) is 3.62. The lowest BCUT2D eigenvalue weighted by molar-refractivity contribution is 0.271. The first-order chi connectivity index (χ1) is 6.68. The number of rotatable bonds is 2. The average molecular weight is 213 g/mol. The molecule has 0 spiro atoms. The molecule has 2 heteroatoms. The van der Waals surface area contributed by atoms with Gasteiger partial charge in [-0.1, -0.05) is 20.3 Å². The van der Waals surface area contributed by atoms with E-state index in [9.17, 15) is 0 Å². The topological polar surface area (TPSA) is 9.23 Å². The van der Waals surface area contributed by atoms with Gasteiger partial charge in [0.1, 0.15) is 6.61 Å². The zero-order valence-corrected chi connectivity index (χ0v) is 9.60. The Hall–Kier alpha value is -0.430. The molecule has 2 rings (SSSR count). The van der Waals surface area contributed by atoms with Crippen molar-refractivity contribution in [1.29, 1.82) is 0 Å². The lowest BCUT2D eigenvalue weighted by atomic mass is 9.87. The number of ether oxygens (including phenoxy) is 1. The summed E-state index contributed by atoms with van der Waals surface area (Å²) in [6.07, 6.45) is 7.15. The molecule has 1 heterocycles. The van der Waals surface area contributed by atoms with Gasteiger partial charge >= 0.3 is 0 Å². The van der Waals surface area contributed by atoms with Crippen LogP contribution in [0.15, 0.2) is 23.5 Å². The maximum atomic E-state index is 6.73. The molecule has 0 aromatic heterocycles. The molecule has 0 saturated carbocycles. The second-order valence-electron chi connectivity index (χ2n) is 4.35. The van der Waals surface area contributed by atoms with Gasteiger partial charge < -0.3 is 4.74 Å². The fourth-order valence-electron chi connectivity index (χ4n) is 2.60. The molecule has 0 aromatic rings. The van der Waals surface area contributed by atoms with E-state index in [0.29, 0.717) is 5.92 Å². The summed E-state index contributed by atoms with van der Waals surface area (Å²) in [7, 11) is 0. The average Bonchev–Trinajstić information content (AvgIpc) is 2.41. The molecule has 0 radical (unpaired) electrons. The van der Waals surface area contributed by atoms with Crippen molar-refractivity contribution in [3.8, 4) is 0 Å². The van der Waals surface area contributed by atoms with Crippen molar-refractivity contribution in [2.75, 3.05) is 6.61 Å². The minimum Gasteiger partial charge on any atom is -0.497 e. The van der Waals surface area contributed by atoms with E-state index in [1.165, 1.54) is 11.1 Å². The predicted molar refractivity (Wildman–Crippen MR) is 59.4 cm³/mol. The molecule has 14 heavy (non-hydrogen) atoms. The van der Waals surface area contributed by atoms with Gasteiger partial charge in [-0.05, 0) is 36.0 Å². The fourth-order valence-corrected chi connectivity index (χ4v) is 3.07. The highest BCUT2D eigenvalue weighted by Crippen LogP contribution is 2.49. The highest BCUT2D eigenvalue weighted by atomic mass is 35.5. The Morgan fingerprint density at radius 3 is 3.14 bits per heavy atom. The highest BCUT2D eigenvalue weighted by Gasteiger charge is 2.43. The van der Waals surface area contributed by atoms with Crippen molar-refractivity contribution in [1.82, 2.24) is 0 Å². The van der Waals surface area contributed by atoms with Gasteiger partial charge in [0, 0.05) is 0 Å². The number of alkyl halides is 1. The van der Waals surface area contributed by atoms with Crippen LogP contribution in [0.4, 0.5) is 0 Å². The standard InChI is InChI=1S/C12H17ClO/c1-3-5-12(13)9(2)7-10-8-14-6-4-11(10)12/h4,6,9H,3,5,7-8H2,1-2H3. The molecule has 0 fully saturated rings. The summed E-state index contributed by atoms with van der Waals surface area (Å²) >= 11 is 6.73. The van der Waals surface area contributed by atoms with Gasteiger partial charge in [-0.2, -0.15) is 0 Å². The molecule has 1 aliphatic carbocycles. The Balaban J connectivity index is 2.31.